The van der Waals surface area contributed by atoms with E-state index in [1.54, 1.807) is 21.9 Å². The van der Waals surface area contributed by atoms with E-state index in [1.807, 2.05) is 37.3 Å². The van der Waals surface area contributed by atoms with E-state index < -0.39 is 10.0 Å². The smallest absolute Gasteiger partial charge is 0.321 e. The van der Waals surface area contributed by atoms with E-state index in [2.05, 4.69) is 5.32 Å². The number of benzene rings is 1. The molecular formula is C22H28N4O4S2. The van der Waals surface area contributed by atoms with Crippen LogP contribution in [0.2, 0.25) is 0 Å². The molecule has 1 atom stereocenters. The van der Waals surface area contributed by atoms with Crippen LogP contribution < -0.4 is 5.32 Å². The third-order valence-corrected chi connectivity index (χ3v) is 9.31. The molecule has 4 rings (SSSR count). The number of rotatable bonds is 4. The van der Waals surface area contributed by atoms with Crippen LogP contribution in [-0.4, -0.2) is 73.7 Å². The Kier molecular flexibility index (Phi) is 6.82. The molecule has 3 amide bonds. The van der Waals surface area contributed by atoms with Crippen molar-refractivity contribution in [2.45, 2.75) is 24.0 Å². The number of carbonyl (C=O) groups is 2. The third kappa shape index (κ3) is 4.97. The molecule has 3 heterocycles. The molecule has 0 radical (unpaired) electrons. The molecule has 2 aliphatic rings. The number of amides is 3. The van der Waals surface area contributed by atoms with Gasteiger partial charge >= 0.3 is 6.03 Å². The highest BCUT2D eigenvalue weighted by Crippen LogP contribution is 2.26. The predicted molar refractivity (Wildman–Crippen MR) is 124 cm³/mol. The van der Waals surface area contributed by atoms with Crippen molar-refractivity contribution < 1.29 is 18.0 Å². The van der Waals surface area contributed by atoms with Crippen LogP contribution in [0.25, 0.3) is 0 Å². The zero-order valence-corrected chi connectivity index (χ0v) is 19.7. The molecule has 0 bridgehead atoms. The second kappa shape index (κ2) is 9.60. The van der Waals surface area contributed by atoms with Crippen molar-refractivity contribution in [2.75, 3.05) is 44.6 Å². The largest absolute Gasteiger partial charge is 0.340 e. The zero-order valence-electron chi connectivity index (χ0n) is 18.1. The van der Waals surface area contributed by atoms with Gasteiger partial charge in [0.15, 0.2) is 0 Å². The number of piperidine rings is 1. The maximum atomic E-state index is 13.1. The van der Waals surface area contributed by atoms with Gasteiger partial charge in [-0.15, -0.1) is 11.3 Å². The van der Waals surface area contributed by atoms with E-state index >= 15 is 0 Å². The molecule has 2 aromatic rings. The van der Waals surface area contributed by atoms with Crippen LogP contribution in [0.1, 0.15) is 17.7 Å². The summed E-state index contributed by atoms with van der Waals surface area (Å²) in [6.07, 6.45) is 1.51. The van der Waals surface area contributed by atoms with E-state index in [1.165, 1.54) is 15.6 Å². The summed E-state index contributed by atoms with van der Waals surface area (Å²) in [6.45, 7) is 4.20. The minimum Gasteiger partial charge on any atom is -0.340 e. The highest BCUT2D eigenvalue weighted by Gasteiger charge is 2.35. The number of nitrogens with one attached hydrogen (secondary N) is 1. The Labute approximate surface area is 192 Å². The van der Waals surface area contributed by atoms with Crippen LogP contribution in [0, 0.1) is 12.8 Å². The predicted octanol–water partition coefficient (Wildman–Crippen LogP) is 2.83. The summed E-state index contributed by atoms with van der Waals surface area (Å²) in [5.74, 6) is -0.250. The van der Waals surface area contributed by atoms with Gasteiger partial charge in [0.05, 0.1) is 5.92 Å². The van der Waals surface area contributed by atoms with Gasteiger partial charge < -0.3 is 15.1 Å². The Hall–Kier alpha value is -2.43. The minimum absolute atomic E-state index is 0.00577. The van der Waals surface area contributed by atoms with Gasteiger partial charge in [-0.1, -0.05) is 18.2 Å². The normalized spacial score (nSPS) is 20.2. The molecular weight excluding hydrogens is 448 g/mol. The Balaban J connectivity index is 1.32. The minimum atomic E-state index is -3.51. The fourth-order valence-electron chi connectivity index (χ4n) is 4.17. The highest BCUT2D eigenvalue weighted by molar-refractivity contribution is 7.91. The number of anilines is 1. The molecule has 2 fully saturated rings. The molecule has 172 valence electrons. The fraction of sp³-hybridized carbons (Fsp3) is 0.455. The summed E-state index contributed by atoms with van der Waals surface area (Å²) < 4.78 is 27.5. The molecule has 0 unspecified atom stereocenters. The summed E-state index contributed by atoms with van der Waals surface area (Å²) in [7, 11) is -3.51. The molecule has 1 aromatic heterocycles. The number of urea groups is 1. The standard InChI is InChI=1S/C22H28N4O4S2/c1-17-9-10-20(31-17)32(29,30)26-14-12-24(13-15-26)21(27)18-6-5-11-25(16-18)22(28)23-19-7-3-2-4-8-19/h2-4,7-10,18H,5-6,11-16H2,1H3,(H,23,28)/t18-/m0/s1. The second-order valence-electron chi connectivity index (χ2n) is 8.18. The third-order valence-electron chi connectivity index (χ3n) is 5.94. The monoisotopic (exact) mass is 476 g/mol. The summed E-state index contributed by atoms with van der Waals surface area (Å²) in [4.78, 5) is 30.1. The maximum Gasteiger partial charge on any atom is 0.321 e. The van der Waals surface area contributed by atoms with Crippen molar-refractivity contribution in [3.8, 4) is 0 Å². The Morgan fingerprint density at radius 2 is 1.69 bits per heavy atom. The molecule has 1 aromatic carbocycles. The van der Waals surface area contributed by atoms with Crippen LogP contribution in [0.4, 0.5) is 10.5 Å². The molecule has 0 spiro atoms. The Morgan fingerprint density at radius 3 is 2.34 bits per heavy atom. The number of nitrogens with zero attached hydrogens (tertiary/aromatic N) is 3. The molecule has 0 saturated carbocycles. The van der Waals surface area contributed by atoms with Gasteiger partial charge in [0.1, 0.15) is 4.21 Å². The number of thiophene rings is 1. The van der Waals surface area contributed by atoms with Gasteiger partial charge in [0, 0.05) is 49.8 Å². The quantitative estimate of drug-likeness (QED) is 0.735. The number of aryl methyl sites for hydroxylation is 1. The van der Waals surface area contributed by atoms with Crippen molar-refractivity contribution >= 4 is 39.0 Å². The summed E-state index contributed by atoms with van der Waals surface area (Å²) in [5.41, 5.74) is 0.726. The Bertz CT molecular complexity index is 1060. The van der Waals surface area contributed by atoms with Gasteiger partial charge in [-0.25, -0.2) is 13.2 Å². The molecule has 1 N–H and O–H groups in total. The van der Waals surface area contributed by atoms with E-state index in [9.17, 15) is 18.0 Å². The lowest BCUT2D eigenvalue weighted by atomic mass is 9.96. The van der Waals surface area contributed by atoms with Crippen LogP contribution >= 0.6 is 11.3 Å². The van der Waals surface area contributed by atoms with Gasteiger partial charge in [-0.05, 0) is 44.0 Å². The van der Waals surface area contributed by atoms with E-state index in [4.69, 9.17) is 0 Å². The van der Waals surface area contributed by atoms with Crippen LogP contribution in [0.15, 0.2) is 46.7 Å². The molecule has 10 heteroatoms. The number of likely N-dealkylation sites (tertiary alicyclic amines) is 1. The first-order chi connectivity index (χ1) is 15.3. The van der Waals surface area contributed by atoms with Crippen molar-refractivity contribution in [2.24, 2.45) is 5.92 Å². The second-order valence-corrected chi connectivity index (χ2v) is 11.6. The Morgan fingerprint density at radius 1 is 0.969 bits per heavy atom. The topological polar surface area (TPSA) is 90.0 Å². The number of para-hydroxylation sites is 1. The number of hydrogen-bond acceptors (Lipinski definition) is 5. The van der Waals surface area contributed by atoms with E-state index in [-0.39, 0.29) is 30.9 Å². The van der Waals surface area contributed by atoms with E-state index in [0.29, 0.717) is 30.4 Å². The molecule has 0 aliphatic carbocycles. The SMILES string of the molecule is Cc1ccc(S(=O)(=O)N2CCN(C(=O)[C@H]3CCCN(C(=O)Nc4ccccc4)C3)CC2)s1. The summed E-state index contributed by atoms with van der Waals surface area (Å²) in [5, 5.41) is 2.88. The summed E-state index contributed by atoms with van der Waals surface area (Å²) in [6, 6.07) is 12.5. The lowest BCUT2D eigenvalue weighted by molar-refractivity contribution is -0.138. The lowest BCUT2D eigenvalue weighted by Crippen LogP contribution is -2.54. The number of piperazine rings is 1. The van der Waals surface area contributed by atoms with Gasteiger partial charge in [0.2, 0.25) is 5.91 Å². The molecule has 8 nitrogen and oxygen atoms in total. The first-order valence-corrected chi connectivity index (χ1v) is 13.1. The van der Waals surface area contributed by atoms with Crippen molar-refractivity contribution in [1.82, 2.24) is 14.1 Å². The first-order valence-electron chi connectivity index (χ1n) is 10.8. The van der Waals surface area contributed by atoms with Gasteiger partial charge in [-0.3, -0.25) is 4.79 Å². The lowest BCUT2D eigenvalue weighted by Gasteiger charge is -2.38. The average Bonchev–Trinajstić information content (AvgIpc) is 3.26. The zero-order chi connectivity index (χ0) is 22.7. The number of sulfonamides is 1. The van der Waals surface area contributed by atoms with E-state index in [0.717, 1.165) is 23.4 Å². The molecule has 2 saturated heterocycles. The van der Waals surface area contributed by atoms with Crippen molar-refractivity contribution in [3.63, 3.8) is 0 Å². The van der Waals surface area contributed by atoms with Crippen LogP contribution in [-0.2, 0) is 14.8 Å². The maximum absolute atomic E-state index is 13.1. The fourth-order valence-corrected chi connectivity index (χ4v) is 7.03. The van der Waals surface area contributed by atoms with Crippen molar-refractivity contribution in [1.29, 1.82) is 0 Å². The number of hydrogen-bond donors (Lipinski definition) is 1. The average molecular weight is 477 g/mol. The van der Waals surface area contributed by atoms with Crippen LogP contribution in [0.3, 0.4) is 0 Å². The van der Waals surface area contributed by atoms with Gasteiger partial charge in [0.25, 0.3) is 10.0 Å². The molecule has 2 aliphatic heterocycles. The first kappa shape index (κ1) is 22.8. The molecule has 32 heavy (non-hydrogen) atoms. The number of carbonyl (C=O) groups excluding carboxylic acids is 2. The highest BCUT2D eigenvalue weighted by atomic mass is 32.2. The van der Waals surface area contributed by atoms with Crippen LogP contribution in [0.5, 0.6) is 0 Å². The van der Waals surface area contributed by atoms with Crippen molar-refractivity contribution in [3.05, 3.63) is 47.3 Å². The van der Waals surface area contributed by atoms with Gasteiger partial charge in [-0.2, -0.15) is 4.31 Å². The summed E-state index contributed by atoms with van der Waals surface area (Å²) >= 11 is 1.27.